The van der Waals surface area contributed by atoms with Crippen LogP contribution in [-0.4, -0.2) is 13.4 Å². The number of rotatable bonds is 11. The third-order valence-corrected chi connectivity index (χ3v) is 17.1. The minimum Gasteiger partial charge on any atom is -0.458 e. The quantitative estimate of drug-likeness (QED) is 0.120. The van der Waals surface area contributed by atoms with Crippen LogP contribution in [0.4, 0.5) is 85.3 Å². The molecule has 0 spiro atoms. The molecule has 0 radical (unpaired) electrons. The number of nitrogens with zero attached hydrogens (tertiary/aromatic N) is 5. The lowest BCUT2D eigenvalue weighted by atomic mass is 9.30. The zero-order valence-electron chi connectivity index (χ0n) is 45.9. The van der Waals surface area contributed by atoms with E-state index in [1.54, 1.807) is 0 Å². The summed E-state index contributed by atoms with van der Waals surface area (Å²) in [4.78, 5) is 12.2. The van der Waals surface area contributed by atoms with Crippen LogP contribution in [0.2, 0.25) is 0 Å². The molecule has 16 rings (SSSR count). The van der Waals surface area contributed by atoms with Crippen molar-refractivity contribution < 1.29 is 4.74 Å². The summed E-state index contributed by atoms with van der Waals surface area (Å²) >= 11 is 0. The maximum absolute atomic E-state index is 7.71. The molecule has 4 heterocycles. The fourth-order valence-corrected chi connectivity index (χ4v) is 13.7. The average molecular weight is 1060 g/mol. The molecule has 83 heavy (non-hydrogen) atoms. The maximum Gasteiger partial charge on any atom is 0.256 e. The highest BCUT2D eigenvalue weighted by Gasteiger charge is 2.48. The smallest absolute Gasteiger partial charge is 0.256 e. The maximum atomic E-state index is 7.71. The topological polar surface area (TPSA) is 25.4 Å². The van der Waals surface area contributed by atoms with Crippen molar-refractivity contribution in [2.24, 2.45) is 0 Å². The second-order valence-electron chi connectivity index (χ2n) is 21.9. The largest absolute Gasteiger partial charge is 0.458 e. The zero-order chi connectivity index (χ0) is 55.0. The molecule has 0 aliphatic carbocycles. The molecule has 0 bridgehead atoms. The van der Waals surface area contributed by atoms with E-state index in [-0.39, 0.29) is 13.4 Å². The molecule has 0 N–H and O–H groups in total. The average Bonchev–Trinajstić information content (AvgIpc) is 1.59. The number of fused-ring (bicyclic) bond motifs is 8. The van der Waals surface area contributed by atoms with Gasteiger partial charge in [-0.15, -0.1) is 0 Å². The molecule has 0 fully saturated rings. The van der Waals surface area contributed by atoms with E-state index in [0.717, 1.165) is 121 Å². The van der Waals surface area contributed by atoms with E-state index in [2.05, 4.69) is 323 Å². The van der Waals surface area contributed by atoms with E-state index in [4.69, 9.17) is 4.74 Å². The number of benzene rings is 12. The number of anilines is 15. The highest BCUT2D eigenvalue weighted by atomic mass is 16.5. The minimum absolute atomic E-state index is 0.142. The Bertz CT molecular complexity index is 4320. The van der Waals surface area contributed by atoms with Crippen LogP contribution in [-0.2, 0) is 6.42 Å². The summed E-state index contributed by atoms with van der Waals surface area (Å²) in [5.41, 5.74) is 24.9. The fraction of sp³-hybridized carbons (Fsp3) is 0.0400. The molecule has 392 valence electrons. The molecular formula is C75H55B2N5O. The minimum atomic E-state index is -0.156. The van der Waals surface area contributed by atoms with Gasteiger partial charge in [-0.05, 0) is 160 Å². The van der Waals surface area contributed by atoms with Crippen LogP contribution >= 0.6 is 0 Å². The van der Waals surface area contributed by atoms with Crippen LogP contribution in [0.25, 0.3) is 0 Å². The Kier molecular flexibility index (Phi) is 11.7. The zero-order valence-corrected chi connectivity index (χ0v) is 45.9. The summed E-state index contributed by atoms with van der Waals surface area (Å²) in [6, 6.07) is 107. The Balaban J connectivity index is 0.987. The molecule has 4 aliphatic heterocycles. The third-order valence-electron chi connectivity index (χ3n) is 17.1. The fourth-order valence-electron chi connectivity index (χ4n) is 13.7. The third kappa shape index (κ3) is 7.96. The van der Waals surface area contributed by atoms with Crippen molar-refractivity contribution in [2.45, 2.75) is 19.8 Å². The lowest BCUT2D eigenvalue weighted by Gasteiger charge is -2.46. The molecule has 0 amide bonds. The van der Waals surface area contributed by atoms with Gasteiger partial charge in [0.1, 0.15) is 11.5 Å². The molecule has 0 atom stereocenters. The summed E-state index contributed by atoms with van der Waals surface area (Å²) in [6.45, 7) is 1.96. The summed E-state index contributed by atoms with van der Waals surface area (Å²) in [5, 5.41) is 0. The first-order valence-electron chi connectivity index (χ1n) is 29.0. The molecule has 0 saturated heterocycles. The molecule has 0 saturated carbocycles. The lowest BCUT2D eigenvalue weighted by molar-refractivity contribution is 0.488. The van der Waals surface area contributed by atoms with Crippen LogP contribution < -0.4 is 62.0 Å². The molecule has 6 nitrogen and oxygen atoms in total. The summed E-state index contributed by atoms with van der Waals surface area (Å²) in [7, 11) is 0. The van der Waals surface area contributed by atoms with Crippen molar-refractivity contribution in [2.75, 3.05) is 24.5 Å². The summed E-state index contributed by atoms with van der Waals surface area (Å²) in [6.07, 6.45) is 2.08. The number of hydrogen-bond donors (Lipinski definition) is 0. The number of aryl methyl sites for hydroxylation is 1. The second-order valence-corrected chi connectivity index (χ2v) is 21.9. The van der Waals surface area contributed by atoms with Gasteiger partial charge in [0.25, 0.3) is 13.4 Å². The van der Waals surface area contributed by atoms with Crippen LogP contribution in [0, 0.1) is 0 Å². The van der Waals surface area contributed by atoms with Crippen molar-refractivity contribution in [3.8, 4) is 11.5 Å². The Morgan fingerprint density at radius 1 is 0.301 bits per heavy atom. The first-order valence-corrected chi connectivity index (χ1v) is 29.0. The van der Waals surface area contributed by atoms with Gasteiger partial charge < -0.3 is 29.2 Å². The van der Waals surface area contributed by atoms with Crippen LogP contribution in [0.15, 0.2) is 291 Å². The highest BCUT2D eigenvalue weighted by Crippen LogP contribution is 2.51. The van der Waals surface area contributed by atoms with E-state index >= 15 is 0 Å². The van der Waals surface area contributed by atoms with E-state index in [9.17, 15) is 0 Å². The first-order chi connectivity index (χ1) is 41.2. The molecule has 8 heteroatoms. The molecule has 4 aliphatic rings. The molecule has 0 aromatic heterocycles. The van der Waals surface area contributed by atoms with Gasteiger partial charge in [-0.25, -0.2) is 0 Å². The van der Waals surface area contributed by atoms with Crippen molar-refractivity contribution in [3.63, 3.8) is 0 Å². The van der Waals surface area contributed by atoms with Gasteiger partial charge in [-0.1, -0.05) is 177 Å². The van der Waals surface area contributed by atoms with Gasteiger partial charge in [0.15, 0.2) is 0 Å². The number of hydrogen-bond acceptors (Lipinski definition) is 6. The summed E-state index contributed by atoms with van der Waals surface area (Å²) in [5.74, 6) is 1.68. The van der Waals surface area contributed by atoms with Crippen LogP contribution in [0.1, 0.15) is 18.9 Å². The second kappa shape index (κ2) is 20.0. The monoisotopic (exact) mass is 1060 g/mol. The summed E-state index contributed by atoms with van der Waals surface area (Å²) < 4.78 is 7.71. The predicted molar refractivity (Wildman–Crippen MR) is 350 cm³/mol. The van der Waals surface area contributed by atoms with E-state index in [0.29, 0.717) is 0 Å². The van der Waals surface area contributed by atoms with Gasteiger partial charge in [0, 0.05) is 86.1 Å². The standard InChI is InChI=1S/C75H55B2N5O/c1-2-25-52-42-44-59(45-43-52)82-68-51-72-65(77-63-39-22-24-41-67(63)81(58-36-19-8-20-37-58)71-48-61(49-73(83-72)75(71)77)79(55-30-13-5-14-31-55)56-32-15-6-16-33-56)50-64(68)76-62-38-21-23-40-66(62)80(57-34-17-7-18-35-57)69-46-60(47-70(82)74(69)76)78(53-26-9-3-10-27-53)54-28-11-4-12-29-54/h3-24,26-51H,2,25H2,1H3. The normalized spacial score (nSPS) is 13.0. The van der Waals surface area contributed by atoms with Gasteiger partial charge in [-0.2, -0.15) is 0 Å². The molecule has 12 aromatic rings. The van der Waals surface area contributed by atoms with Gasteiger partial charge in [0.2, 0.25) is 0 Å². The van der Waals surface area contributed by atoms with E-state index in [1.165, 1.54) is 27.4 Å². The Labute approximate surface area is 486 Å². The molecule has 0 unspecified atom stereocenters. The highest BCUT2D eigenvalue weighted by molar-refractivity contribution is 7.02. The predicted octanol–water partition coefficient (Wildman–Crippen LogP) is 16.1. The Hall–Kier alpha value is -10.4. The van der Waals surface area contributed by atoms with Crippen LogP contribution in [0.5, 0.6) is 11.5 Å². The van der Waals surface area contributed by atoms with Crippen molar-refractivity contribution in [1.82, 2.24) is 0 Å². The van der Waals surface area contributed by atoms with Crippen molar-refractivity contribution >= 4 is 132 Å². The van der Waals surface area contributed by atoms with E-state index in [1.807, 2.05) is 0 Å². The van der Waals surface area contributed by atoms with Gasteiger partial charge in [-0.3, -0.25) is 0 Å². The first kappa shape index (κ1) is 48.5. The molecule has 12 aromatic carbocycles. The van der Waals surface area contributed by atoms with Crippen molar-refractivity contribution in [3.05, 3.63) is 297 Å². The Morgan fingerprint density at radius 2 is 0.687 bits per heavy atom. The number of para-hydroxylation sites is 8. The van der Waals surface area contributed by atoms with E-state index < -0.39 is 0 Å². The van der Waals surface area contributed by atoms with Crippen LogP contribution in [0.3, 0.4) is 0 Å². The molecular weight excluding hydrogens is 1010 g/mol. The van der Waals surface area contributed by atoms with Gasteiger partial charge >= 0.3 is 0 Å². The SMILES string of the molecule is CCCc1ccc(N2c3cc4c(cc3B3c5ccccc5N(c5ccccc5)c5cc(N(c6ccccc6)c6ccccc6)cc2c53)B2c3ccccc3N(c3ccccc3)c3cc(N(c5ccccc5)c5ccccc5)cc(c32)O4)cc1. The Morgan fingerprint density at radius 3 is 1.16 bits per heavy atom. The number of ether oxygens (including phenoxy) is 1. The van der Waals surface area contributed by atoms with Crippen molar-refractivity contribution in [1.29, 1.82) is 0 Å². The van der Waals surface area contributed by atoms with Gasteiger partial charge in [0.05, 0.1) is 11.4 Å². The lowest BCUT2D eigenvalue weighted by Crippen LogP contribution is -2.64.